The molecular formula is C25H45NO10. The summed E-state index contributed by atoms with van der Waals surface area (Å²) >= 11 is 0. The van der Waals surface area contributed by atoms with E-state index in [1.54, 1.807) is 7.11 Å². The van der Waals surface area contributed by atoms with Gasteiger partial charge in [0.2, 0.25) is 5.79 Å². The van der Waals surface area contributed by atoms with Gasteiger partial charge in [-0.25, -0.2) is 0 Å². The lowest BCUT2D eigenvalue weighted by molar-refractivity contribution is -0.334. The Morgan fingerprint density at radius 1 is 1.14 bits per heavy atom. The molecule has 3 rings (SSSR count). The van der Waals surface area contributed by atoms with E-state index in [0.29, 0.717) is 12.8 Å². The fourth-order valence-corrected chi connectivity index (χ4v) is 5.74. The van der Waals surface area contributed by atoms with Crippen molar-refractivity contribution in [2.24, 2.45) is 17.3 Å². The summed E-state index contributed by atoms with van der Waals surface area (Å²) in [7, 11) is 4.57. The van der Waals surface area contributed by atoms with Gasteiger partial charge in [0.05, 0.1) is 31.0 Å². The van der Waals surface area contributed by atoms with Crippen LogP contribution in [0, 0.1) is 17.3 Å². The third-order valence-corrected chi connectivity index (χ3v) is 8.51. The average molecular weight is 520 g/mol. The fraction of sp³-hybridized carbons (Fsp3) is 0.960. The highest BCUT2D eigenvalue weighted by Gasteiger charge is 2.57. The van der Waals surface area contributed by atoms with Crippen molar-refractivity contribution >= 4 is 5.91 Å². The molecule has 0 aromatic carbocycles. The highest BCUT2D eigenvalue weighted by molar-refractivity contribution is 5.82. The van der Waals surface area contributed by atoms with Crippen molar-refractivity contribution in [1.82, 2.24) is 5.32 Å². The number of amides is 1. The smallest absolute Gasteiger partial charge is 0.256 e. The van der Waals surface area contributed by atoms with E-state index in [9.17, 15) is 15.0 Å². The SMILES string of the molecule is CO[C@@H](CO)C[C@H]1O[C@H]2[C@H](OCO[C@@H]2NC(=O)[C@@H](O)[C@@]2(OC)C[C@H](C)[C@@H](C)[C@@H](C)O2)[C@@H](OC)C1(C)C. The molecule has 3 aliphatic rings. The van der Waals surface area contributed by atoms with Gasteiger partial charge in [0.25, 0.3) is 5.91 Å². The third kappa shape index (κ3) is 5.60. The second-order valence-electron chi connectivity index (χ2n) is 11.0. The van der Waals surface area contributed by atoms with Crippen LogP contribution in [0.4, 0.5) is 0 Å². The van der Waals surface area contributed by atoms with Crippen LogP contribution in [0.2, 0.25) is 0 Å². The van der Waals surface area contributed by atoms with E-state index in [-0.39, 0.29) is 37.4 Å². The number of nitrogens with one attached hydrogen (secondary N) is 1. The summed E-state index contributed by atoms with van der Waals surface area (Å²) in [6.07, 6.45) is -4.41. The second kappa shape index (κ2) is 11.9. The van der Waals surface area contributed by atoms with E-state index in [4.69, 9.17) is 33.2 Å². The molecule has 3 fully saturated rings. The van der Waals surface area contributed by atoms with Gasteiger partial charge in [-0.1, -0.05) is 27.7 Å². The number of hydrogen-bond donors (Lipinski definition) is 3. The molecule has 11 nitrogen and oxygen atoms in total. The van der Waals surface area contributed by atoms with E-state index in [1.165, 1.54) is 14.2 Å². The first-order valence-corrected chi connectivity index (χ1v) is 12.7. The molecule has 1 amide bonds. The maximum Gasteiger partial charge on any atom is 0.256 e. The minimum atomic E-state index is -1.59. The lowest BCUT2D eigenvalue weighted by Crippen LogP contribution is -2.69. The number of methoxy groups -OCH3 is 3. The molecule has 0 aromatic rings. The van der Waals surface area contributed by atoms with Crippen LogP contribution in [-0.2, 0) is 38.0 Å². The van der Waals surface area contributed by atoms with E-state index < -0.39 is 53.9 Å². The zero-order valence-corrected chi connectivity index (χ0v) is 22.8. The molecule has 0 bridgehead atoms. The van der Waals surface area contributed by atoms with Crippen LogP contribution >= 0.6 is 0 Å². The Morgan fingerprint density at radius 2 is 1.83 bits per heavy atom. The first-order valence-electron chi connectivity index (χ1n) is 12.7. The Morgan fingerprint density at radius 3 is 2.39 bits per heavy atom. The van der Waals surface area contributed by atoms with Crippen LogP contribution in [0.1, 0.15) is 47.5 Å². The number of hydrogen-bond acceptors (Lipinski definition) is 10. The molecule has 210 valence electrons. The quantitative estimate of drug-likeness (QED) is 0.401. The highest BCUT2D eigenvalue weighted by atomic mass is 16.7. The molecule has 0 aromatic heterocycles. The van der Waals surface area contributed by atoms with Crippen molar-refractivity contribution in [3.05, 3.63) is 0 Å². The van der Waals surface area contributed by atoms with Crippen LogP contribution in [0.5, 0.6) is 0 Å². The number of aliphatic hydroxyl groups is 2. The lowest BCUT2D eigenvalue weighted by Gasteiger charge is -2.54. The number of carbonyl (C=O) groups is 1. The molecule has 0 spiro atoms. The Labute approximate surface area is 214 Å². The predicted octanol–water partition coefficient (Wildman–Crippen LogP) is 0.792. The van der Waals surface area contributed by atoms with Gasteiger partial charge in [0.15, 0.2) is 12.3 Å². The molecule has 0 radical (unpaired) electrons. The molecule has 0 unspecified atom stereocenters. The zero-order chi connectivity index (χ0) is 26.8. The molecule has 36 heavy (non-hydrogen) atoms. The fourth-order valence-electron chi connectivity index (χ4n) is 5.74. The largest absolute Gasteiger partial charge is 0.394 e. The summed E-state index contributed by atoms with van der Waals surface area (Å²) in [6, 6.07) is 0. The van der Waals surface area contributed by atoms with E-state index in [0.717, 1.165) is 0 Å². The molecule has 0 aliphatic carbocycles. The van der Waals surface area contributed by atoms with Gasteiger partial charge >= 0.3 is 0 Å². The number of fused-ring (bicyclic) bond motifs is 1. The Kier molecular flexibility index (Phi) is 9.79. The normalized spacial score (nSPS) is 42.3. The van der Waals surface area contributed by atoms with Crippen molar-refractivity contribution in [2.45, 2.75) is 102 Å². The molecule has 3 saturated heterocycles. The minimum absolute atomic E-state index is 0.0823. The zero-order valence-electron chi connectivity index (χ0n) is 22.8. The van der Waals surface area contributed by atoms with Gasteiger partial charge < -0.3 is 48.7 Å². The Bertz CT molecular complexity index is 720. The number of rotatable bonds is 9. The summed E-state index contributed by atoms with van der Waals surface area (Å²) in [5.74, 6) is -1.74. The minimum Gasteiger partial charge on any atom is -0.394 e. The summed E-state index contributed by atoms with van der Waals surface area (Å²) in [4.78, 5) is 13.3. The maximum atomic E-state index is 13.3. The Balaban J connectivity index is 1.79. The topological polar surface area (TPSA) is 134 Å². The molecular weight excluding hydrogens is 474 g/mol. The summed E-state index contributed by atoms with van der Waals surface area (Å²) in [6.45, 7) is 9.81. The second-order valence-corrected chi connectivity index (χ2v) is 11.0. The third-order valence-electron chi connectivity index (χ3n) is 8.51. The van der Waals surface area contributed by atoms with Crippen LogP contribution < -0.4 is 5.32 Å². The lowest BCUT2D eigenvalue weighted by atomic mass is 9.72. The van der Waals surface area contributed by atoms with Crippen LogP contribution in [0.15, 0.2) is 0 Å². The van der Waals surface area contributed by atoms with Crippen molar-refractivity contribution in [3.8, 4) is 0 Å². The standard InChI is InChI=1S/C25H45NO10/c1-13-10-25(32-8,36-15(3)14(13)2)20(28)22(29)26-23-19-18(33-12-34-23)21(31-7)24(4,5)17(35-19)9-16(11-27)30-6/h13-21,23,27-28H,9-12H2,1-8H3,(H,26,29)/t13-,14+,15+,16+,17+,18-,19-,20+,21+,23-,25+/m0/s1. The van der Waals surface area contributed by atoms with Gasteiger partial charge in [-0.3, -0.25) is 4.79 Å². The average Bonchev–Trinajstić information content (AvgIpc) is 2.85. The van der Waals surface area contributed by atoms with Crippen molar-refractivity contribution < 1.29 is 48.2 Å². The predicted molar refractivity (Wildman–Crippen MR) is 128 cm³/mol. The van der Waals surface area contributed by atoms with Gasteiger partial charge in [-0.2, -0.15) is 0 Å². The molecule has 3 aliphatic heterocycles. The van der Waals surface area contributed by atoms with E-state index in [1.807, 2.05) is 20.8 Å². The first-order chi connectivity index (χ1) is 16.9. The van der Waals surface area contributed by atoms with Gasteiger partial charge in [0.1, 0.15) is 19.0 Å². The summed E-state index contributed by atoms with van der Waals surface area (Å²) in [5, 5.41) is 23.5. The van der Waals surface area contributed by atoms with E-state index >= 15 is 0 Å². The van der Waals surface area contributed by atoms with Crippen LogP contribution in [0.25, 0.3) is 0 Å². The maximum absolute atomic E-state index is 13.3. The Hall–Kier alpha value is -0.890. The van der Waals surface area contributed by atoms with Gasteiger partial charge in [0, 0.05) is 39.6 Å². The molecule has 11 heteroatoms. The number of ether oxygens (including phenoxy) is 7. The molecule has 3 heterocycles. The summed E-state index contributed by atoms with van der Waals surface area (Å²) < 4.78 is 40.9. The van der Waals surface area contributed by atoms with E-state index in [2.05, 4.69) is 19.2 Å². The van der Waals surface area contributed by atoms with Crippen LogP contribution in [0.3, 0.4) is 0 Å². The van der Waals surface area contributed by atoms with Crippen molar-refractivity contribution in [1.29, 1.82) is 0 Å². The number of carbonyl (C=O) groups excluding carboxylic acids is 1. The van der Waals surface area contributed by atoms with Crippen LogP contribution in [-0.4, -0.2) is 106 Å². The van der Waals surface area contributed by atoms with Gasteiger partial charge in [-0.15, -0.1) is 0 Å². The molecule has 0 saturated carbocycles. The van der Waals surface area contributed by atoms with Crippen molar-refractivity contribution in [3.63, 3.8) is 0 Å². The van der Waals surface area contributed by atoms with Crippen molar-refractivity contribution in [2.75, 3.05) is 34.7 Å². The highest BCUT2D eigenvalue weighted by Crippen LogP contribution is 2.44. The van der Waals surface area contributed by atoms with Gasteiger partial charge in [-0.05, 0) is 18.8 Å². The monoisotopic (exact) mass is 519 g/mol. The molecule has 11 atom stereocenters. The summed E-state index contributed by atoms with van der Waals surface area (Å²) in [5.41, 5.74) is -0.494. The molecule has 3 N–H and O–H groups in total. The number of aliphatic hydroxyl groups excluding tert-OH is 2. The first kappa shape index (κ1) is 29.7.